The summed E-state index contributed by atoms with van der Waals surface area (Å²) in [7, 11) is 1.43. The second-order valence-electron chi connectivity index (χ2n) is 3.69. The number of benzene rings is 1. The van der Waals surface area contributed by atoms with E-state index in [1.54, 1.807) is 11.8 Å². The van der Waals surface area contributed by atoms with Crippen LogP contribution >= 0.6 is 11.8 Å². The van der Waals surface area contributed by atoms with E-state index in [1.165, 1.54) is 7.11 Å². The maximum Gasteiger partial charge on any atom is 0.341 e. The first-order chi connectivity index (χ1) is 7.83. The molecule has 3 rings (SSSR count). The van der Waals surface area contributed by atoms with E-state index >= 15 is 0 Å². The molecule has 4 heteroatoms. The minimum Gasteiger partial charge on any atom is -0.465 e. The first-order valence-corrected chi connectivity index (χ1v) is 6.14. The lowest BCUT2D eigenvalue weighted by molar-refractivity contribution is 0.0598. The maximum absolute atomic E-state index is 11.8. The molecule has 1 aliphatic rings. The zero-order valence-corrected chi connectivity index (χ0v) is 9.71. The van der Waals surface area contributed by atoms with E-state index in [0.29, 0.717) is 0 Å². The smallest absolute Gasteiger partial charge is 0.341 e. The molecule has 0 bridgehead atoms. The van der Waals surface area contributed by atoms with Gasteiger partial charge in [0.2, 0.25) is 0 Å². The van der Waals surface area contributed by atoms with Crippen molar-refractivity contribution < 1.29 is 9.53 Å². The fourth-order valence-corrected chi connectivity index (χ4v) is 3.34. The van der Waals surface area contributed by atoms with Crippen LogP contribution in [0.5, 0.6) is 0 Å². The van der Waals surface area contributed by atoms with E-state index < -0.39 is 0 Å². The number of hydrogen-bond acceptors (Lipinski definition) is 3. The van der Waals surface area contributed by atoms with Gasteiger partial charge in [-0.1, -0.05) is 18.2 Å². The van der Waals surface area contributed by atoms with Gasteiger partial charge in [-0.25, -0.2) is 4.79 Å². The van der Waals surface area contributed by atoms with Crippen LogP contribution in [0, 0.1) is 0 Å². The Labute approximate surface area is 97.4 Å². The van der Waals surface area contributed by atoms with Gasteiger partial charge < -0.3 is 9.30 Å². The average molecular weight is 233 g/mol. The molecule has 3 nitrogen and oxygen atoms in total. The molecule has 0 saturated heterocycles. The fourth-order valence-electron chi connectivity index (χ4n) is 2.18. The summed E-state index contributed by atoms with van der Waals surface area (Å²) in [6.45, 7) is 0.970. The van der Waals surface area contributed by atoms with Crippen molar-refractivity contribution in [3.05, 3.63) is 29.8 Å². The van der Waals surface area contributed by atoms with Crippen LogP contribution in [0.25, 0.3) is 10.9 Å². The molecule has 0 radical (unpaired) electrons. The van der Waals surface area contributed by atoms with Crippen LogP contribution in [0.2, 0.25) is 0 Å². The fraction of sp³-hybridized carbons (Fsp3) is 0.250. The van der Waals surface area contributed by atoms with Gasteiger partial charge in [0.1, 0.15) is 0 Å². The van der Waals surface area contributed by atoms with Crippen molar-refractivity contribution in [2.75, 3.05) is 12.9 Å². The molecule has 0 spiro atoms. The highest BCUT2D eigenvalue weighted by Gasteiger charge is 2.26. The molecule has 1 aromatic carbocycles. The monoisotopic (exact) mass is 233 g/mol. The Bertz CT molecular complexity index is 574. The topological polar surface area (TPSA) is 31.2 Å². The van der Waals surface area contributed by atoms with E-state index in [-0.39, 0.29) is 5.97 Å². The van der Waals surface area contributed by atoms with Crippen LogP contribution in [0.3, 0.4) is 0 Å². The summed E-state index contributed by atoms with van der Waals surface area (Å²) >= 11 is 1.73. The predicted molar refractivity (Wildman–Crippen MR) is 64.0 cm³/mol. The molecule has 0 fully saturated rings. The van der Waals surface area contributed by atoms with E-state index in [2.05, 4.69) is 10.6 Å². The number of ether oxygens (including phenoxy) is 1. The van der Waals surface area contributed by atoms with Crippen LogP contribution in [-0.4, -0.2) is 23.4 Å². The Balaban J connectivity index is 2.37. The molecular formula is C12H11NO2S. The largest absolute Gasteiger partial charge is 0.465 e. The summed E-state index contributed by atoms with van der Waals surface area (Å²) in [5.74, 6) is 0.795. The first-order valence-electron chi connectivity index (χ1n) is 5.15. The Morgan fingerprint density at radius 3 is 3.06 bits per heavy atom. The van der Waals surface area contributed by atoms with Crippen molar-refractivity contribution in [1.82, 2.24) is 4.57 Å². The normalized spacial score (nSPS) is 14.1. The number of aromatic nitrogens is 1. The molecule has 0 atom stereocenters. The van der Waals surface area contributed by atoms with Crippen molar-refractivity contribution >= 4 is 28.6 Å². The van der Waals surface area contributed by atoms with E-state index in [9.17, 15) is 4.79 Å². The molecule has 0 saturated carbocycles. The molecule has 1 aromatic heterocycles. The van der Waals surface area contributed by atoms with Crippen molar-refractivity contribution in [1.29, 1.82) is 0 Å². The molecular weight excluding hydrogens is 222 g/mol. The molecule has 0 amide bonds. The van der Waals surface area contributed by atoms with Crippen molar-refractivity contribution in [2.45, 2.75) is 11.6 Å². The molecule has 1 aliphatic heterocycles. The lowest BCUT2D eigenvalue weighted by Crippen LogP contribution is -2.01. The van der Waals surface area contributed by atoms with Crippen LogP contribution < -0.4 is 0 Å². The van der Waals surface area contributed by atoms with Crippen LogP contribution in [-0.2, 0) is 11.3 Å². The molecule has 2 heterocycles. The highest BCUT2D eigenvalue weighted by molar-refractivity contribution is 7.99. The van der Waals surface area contributed by atoms with Gasteiger partial charge in [-0.3, -0.25) is 0 Å². The Morgan fingerprint density at radius 2 is 2.25 bits per heavy atom. The number of para-hydroxylation sites is 1. The van der Waals surface area contributed by atoms with Gasteiger partial charge in [0.05, 0.1) is 17.7 Å². The molecule has 2 aromatic rings. The summed E-state index contributed by atoms with van der Waals surface area (Å²) in [5.41, 5.74) is 1.85. The maximum atomic E-state index is 11.8. The number of aryl methyl sites for hydroxylation is 1. The molecule has 0 unspecified atom stereocenters. The van der Waals surface area contributed by atoms with Gasteiger partial charge >= 0.3 is 5.97 Å². The second kappa shape index (κ2) is 3.56. The third-order valence-corrected chi connectivity index (χ3v) is 3.95. The number of carbonyl (C=O) groups is 1. The SMILES string of the molecule is COC(=O)c1c2n(c3ccccc13)CCS2. The Kier molecular flexibility index (Phi) is 2.17. The van der Waals surface area contributed by atoms with Gasteiger partial charge in [0, 0.05) is 23.2 Å². The summed E-state index contributed by atoms with van der Waals surface area (Å²) in [6.07, 6.45) is 0. The predicted octanol–water partition coefficient (Wildman–Crippen LogP) is 2.53. The van der Waals surface area contributed by atoms with Crippen molar-refractivity contribution in [3.8, 4) is 0 Å². The number of rotatable bonds is 1. The number of methoxy groups -OCH3 is 1. The highest BCUT2D eigenvalue weighted by Crippen LogP contribution is 2.37. The summed E-state index contributed by atoms with van der Waals surface area (Å²) in [5, 5.41) is 2.05. The van der Waals surface area contributed by atoms with Gasteiger partial charge in [-0.05, 0) is 6.07 Å². The second-order valence-corrected chi connectivity index (χ2v) is 4.77. The highest BCUT2D eigenvalue weighted by atomic mass is 32.2. The summed E-state index contributed by atoms with van der Waals surface area (Å²) in [4.78, 5) is 11.8. The number of hydrogen-bond donors (Lipinski definition) is 0. The van der Waals surface area contributed by atoms with E-state index in [1.807, 2.05) is 18.2 Å². The standard InChI is InChI=1S/C12H11NO2S/c1-15-12(14)10-8-4-2-3-5-9(8)13-6-7-16-11(10)13/h2-5H,6-7H2,1H3. The van der Waals surface area contributed by atoms with Gasteiger partial charge in [0.15, 0.2) is 0 Å². The number of thioether (sulfide) groups is 1. The summed E-state index contributed by atoms with van der Waals surface area (Å²) in [6, 6.07) is 7.99. The number of nitrogens with zero attached hydrogens (tertiary/aromatic N) is 1. The van der Waals surface area contributed by atoms with Crippen molar-refractivity contribution in [3.63, 3.8) is 0 Å². The average Bonchev–Trinajstić information content (AvgIpc) is 2.87. The van der Waals surface area contributed by atoms with Crippen molar-refractivity contribution in [2.24, 2.45) is 0 Å². The minimum atomic E-state index is -0.237. The van der Waals surface area contributed by atoms with Gasteiger partial charge in [-0.2, -0.15) is 0 Å². The molecule has 16 heavy (non-hydrogen) atoms. The minimum absolute atomic E-state index is 0.237. The molecule has 0 N–H and O–H groups in total. The number of fused-ring (bicyclic) bond motifs is 3. The van der Waals surface area contributed by atoms with Crippen LogP contribution in [0.1, 0.15) is 10.4 Å². The van der Waals surface area contributed by atoms with Crippen LogP contribution in [0.4, 0.5) is 0 Å². The van der Waals surface area contributed by atoms with Gasteiger partial charge in [-0.15, -0.1) is 11.8 Å². The zero-order chi connectivity index (χ0) is 11.1. The third kappa shape index (κ3) is 1.19. The Hall–Kier alpha value is -1.42. The molecule has 82 valence electrons. The third-order valence-electron chi connectivity index (χ3n) is 2.87. The Morgan fingerprint density at radius 1 is 1.44 bits per heavy atom. The zero-order valence-electron chi connectivity index (χ0n) is 8.90. The first kappa shape index (κ1) is 9.78. The van der Waals surface area contributed by atoms with E-state index in [4.69, 9.17) is 4.74 Å². The summed E-state index contributed by atoms with van der Waals surface area (Å²) < 4.78 is 7.06. The lowest BCUT2D eigenvalue weighted by Gasteiger charge is -1.98. The molecule has 0 aliphatic carbocycles. The van der Waals surface area contributed by atoms with Crippen LogP contribution in [0.15, 0.2) is 29.3 Å². The quantitative estimate of drug-likeness (QED) is 0.709. The van der Waals surface area contributed by atoms with E-state index in [0.717, 1.165) is 33.8 Å². The van der Waals surface area contributed by atoms with Gasteiger partial charge in [0.25, 0.3) is 0 Å². The number of esters is 1. The number of carbonyl (C=O) groups excluding carboxylic acids is 1. The lowest BCUT2D eigenvalue weighted by atomic mass is 10.2.